The van der Waals surface area contributed by atoms with E-state index in [0.29, 0.717) is 5.02 Å². The van der Waals surface area contributed by atoms with Crippen LogP contribution >= 0.6 is 43.5 Å². The maximum Gasteiger partial charge on any atom is 0.0569 e. The summed E-state index contributed by atoms with van der Waals surface area (Å²) in [6.07, 6.45) is 0. The number of benzene rings is 3. The van der Waals surface area contributed by atoms with Crippen LogP contribution < -0.4 is 5.73 Å². The van der Waals surface area contributed by atoms with Crippen molar-refractivity contribution in [3.8, 4) is 0 Å². The third-order valence-corrected chi connectivity index (χ3v) is 5.18. The number of hydrogen-bond donors (Lipinski definition) is 1. The van der Waals surface area contributed by atoms with Crippen molar-refractivity contribution in [2.24, 2.45) is 5.73 Å². The fraction of sp³-hybridized carbons (Fsp3) is 0.0588. The highest BCUT2D eigenvalue weighted by molar-refractivity contribution is 9.11. The number of nitrogens with two attached hydrogens (primary N) is 1. The summed E-state index contributed by atoms with van der Waals surface area (Å²) < 4.78 is 2.03. The van der Waals surface area contributed by atoms with Gasteiger partial charge in [-0.15, -0.1) is 0 Å². The SMILES string of the molecule is NC(c1cc(Cl)ccc1Br)c1ccc(Br)c2ccccc12. The highest BCUT2D eigenvalue weighted by atomic mass is 79.9. The van der Waals surface area contributed by atoms with Crippen molar-refractivity contribution in [3.63, 3.8) is 0 Å². The Morgan fingerprint density at radius 3 is 2.24 bits per heavy atom. The first-order valence-electron chi connectivity index (χ1n) is 6.45. The zero-order valence-corrected chi connectivity index (χ0v) is 14.9. The lowest BCUT2D eigenvalue weighted by atomic mass is 9.94. The smallest absolute Gasteiger partial charge is 0.0569 e. The summed E-state index contributed by atoms with van der Waals surface area (Å²) in [5.41, 5.74) is 8.56. The summed E-state index contributed by atoms with van der Waals surface area (Å²) >= 11 is 13.3. The number of rotatable bonds is 2. The molecule has 0 aliphatic heterocycles. The molecule has 0 fully saturated rings. The van der Waals surface area contributed by atoms with Gasteiger partial charge in [0.1, 0.15) is 0 Å². The van der Waals surface area contributed by atoms with Gasteiger partial charge in [0.25, 0.3) is 0 Å². The Balaban J connectivity index is 2.20. The van der Waals surface area contributed by atoms with E-state index in [0.717, 1.165) is 30.8 Å². The minimum Gasteiger partial charge on any atom is -0.320 e. The second kappa shape index (κ2) is 6.09. The van der Waals surface area contributed by atoms with E-state index in [2.05, 4.69) is 50.1 Å². The molecule has 0 saturated carbocycles. The van der Waals surface area contributed by atoms with Gasteiger partial charge in [0.15, 0.2) is 0 Å². The summed E-state index contributed by atoms with van der Waals surface area (Å²) in [4.78, 5) is 0. The van der Waals surface area contributed by atoms with Crippen molar-refractivity contribution in [2.45, 2.75) is 6.04 Å². The Morgan fingerprint density at radius 2 is 1.48 bits per heavy atom. The van der Waals surface area contributed by atoms with Crippen LogP contribution in [0.5, 0.6) is 0 Å². The quantitative estimate of drug-likeness (QED) is 0.530. The van der Waals surface area contributed by atoms with Gasteiger partial charge < -0.3 is 5.73 Å². The Hall–Kier alpha value is -0.870. The minimum absolute atomic E-state index is 0.240. The molecule has 1 atom stereocenters. The van der Waals surface area contributed by atoms with Crippen molar-refractivity contribution in [1.29, 1.82) is 0 Å². The van der Waals surface area contributed by atoms with Crippen LogP contribution in [0.2, 0.25) is 5.02 Å². The molecule has 0 heterocycles. The van der Waals surface area contributed by atoms with Crippen LogP contribution in [0.1, 0.15) is 17.2 Å². The zero-order valence-electron chi connectivity index (χ0n) is 11.0. The molecule has 0 aliphatic rings. The van der Waals surface area contributed by atoms with Crippen molar-refractivity contribution < 1.29 is 0 Å². The monoisotopic (exact) mass is 423 g/mol. The molecular weight excluding hydrogens is 413 g/mol. The van der Waals surface area contributed by atoms with Crippen molar-refractivity contribution in [1.82, 2.24) is 0 Å². The van der Waals surface area contributed by atoms with Crippen LogP contribution in [0.4, 0.5) is 0 Å². The van der Waals surface area contributed by atoms with Crippen molar-refractivity contribution in [2.75, 3.05) is 0 Å². The molecule has 1 unspecified atom stereocenters. The van der Waals surface area contributed by atoms with Crippen molar-refractivity contribution >= 4 is 54.2 Å². The molecule has 21 heavy (non-hydrogen) atoms. The van der Waals surface area contributed by atoms with E-state index in [-0.39, 0.29) is 6.04 Å². The maximum atomic E-state index is 6.50. The molecule has 2 N–H and O–H groups in total. The molecule has 0 spiro atoms. The Bertz CT molecular complexity index is 817. The van der Waals surface area contributed by atoms with E-state index in [9.17, 15) is 0 Å². The summed E-state index contributed by atoms with van der Waals surface area (Å²) in [6.45, 7) is 0. The molecule has 0 saturated heterocycles. The van der Waals surface area contributed by atoms with Crippen molar-refractivity contribution in [3.05, 3.63) is 79.7 Å². The molecular formula is C17H12Br2ClN. The fourth-order valence-corrected chi connectivity index (χ4v) is 3.63. The predicted molar refractivity (Wildman–Crippen MR) is 96.8 cm³/mol. The molecule has 3 aromatic rings. The highest BCUT2D eigenvalue weighted by Crippen LogP contribution is 2.35. The lowest BCUT2D eigenvalue weighted by Crippen LogP contribution is -2.13. The van der Waals surface area contributed by atoms with E-state index < -0.39 is 0 Å². The molecule has 1 nitrogen and oxygen atoms in total. The van der Waals surface area contributed by atoms with E-state index in [1.807, 2.05) is 36.4 Å². The van der Waals surface area contributed by atoms with E-state index in [1.54, 1.807) is 0 Å². The van der Waals surface area contributed by atoms with Crippen LogP contribution in [-0.2, 0) is 0 Å². The second-order valence-corrected chi connectivity index (χ2v) is 6.97. The summed E-state index contributed by atoms with van der Waals surface area (Å²) in [5.74, 6) is 0. The lowest BCUT2D eigenvalue weighted by Gasteiger charge is -2.17. The van der Waals surface area contributed by atoms with Gasteiger partial charge in [-0.25, -0.2) is 0 Å². The van der Waals surface area contributed by atoms with E-state index >= 15 is 0 Å². The van der Waals surface area contributed by atoms with Gasteiger partial charge in [-0.05, 0) is 46.2 Å². The Morgan fingerprint density at radius 1 is 0.810 bits per heavy atom. The average Bonchev–Trinajstić information content (AvgIpc) is 2.50. The second-order valence-electron chi connectivity index (χ2n) is 4.83. The normalized spacial score (nSPS) is 12.6. The van der Waals surface area contributed by atoms with Gasteiger partial charge in [0.2, 0.25) is 0 Å². The zero-order chi connectivity index (χ0) is 15.0. The minimum atomic E-state index is -0.240. The molecule has 0 aromatic heterocycles. The third-order valence-electron chi connectivity index (χ3n) is 3.53. The first-order valence-corrected chi connectivity index (χ1v) is 8.42. The summed E-state index contributed by atoms with van der Waals surface area (Å²) in [7, 11) is 0. The van der Waals surface area contributed by atoms with Gasteiger partial charge in [0, 0.05) is 14.0 Å². The van der Waals surface area contributed by atoms with Gasteiger partial charge >= 0.3 is 0 Å². The molecule has 0 aliphatic carbocycles. The van der Waals surface area contributed by atoms with Crippen LogP contribution in [0.3, 0.4) is 0 Å². The first kappa shape index (κ1) is 15.0. The number of halogens is 3. The highest BCUT2D eigenvalue weighted by Gasteiger charge is 2.16. The van der Waals surface area contributed by atoms with Crippen LogP contribution in [-0.4, -0.2) is 0 Å². The molecule has 106 valence electrons. The Kier molecular flexibility index (Phi) is 4.36. The van der Waals surface area contributed by atoms with Gasteiger partial charge in [-0.2, -0.15) is 0 Å². The predicted octanol–water partition coefficient (Wildman–Crippen LogP) is 6.07. The maximum absolute atomic E-state index is 6.50. The fourth-order valence-electron chi connectivity index (χ4n) is 2.48. The van der Waals surface area contributed by atoms with Gasteiger partial charge in [0.05, 0.1) is 6.04 Å². The number of fused-ring (bicyclic) bond motifs is 1. The standard InChI is InChI=1S/C17H12Br2ClN/c18-15-8-6-13(11-3-1-2-4-12(11)15)17(21)14-9-10(20)5-7-16(14)19/h1-9,17H,21H2. The van der Waals surface area contributed by atoms with Gasteiger partial charge in [-0.1, -0.05) is 73.8 Å². The van der Waals surface area contributed by atoms with Crippen LogP contribution in [0.15, 0.2) is 63.5 Å². The topological polar surface area (TPSA) is 26.0 Å². The largest absolute Gasteiger partial charge is 0.320 e. The van der Waals surface area contributed by atoms with E-state index in [4.69, 9.17) is 17.3 Å². The molecule has 0 radical (unpaired) electrons. The van der Waals surface area contributed by atoms with Crippen LogP contribution in [0, 0.1) is 0 Å². The van der Waals surface area contributed by atoms with Crippen LogP contribution in [0.25, 0.3) is 10.8 Å². The molecule has 0 bridgehead atoms. The molecule has 3 rings (SSSR count). The van der Waals surface area contributed by atoms with Gasteiger partial charge in [-0.3, -0.25) is 0 Å². The first-order chi connectivity index (χ1) is 10.1. The number of hydrogen-bond acceptors (Lipinski definition) is 1. The summed E-state index contributed by atoms with van der Waals surface area (Å²) in [6, 6.07) is 17.8. The molecule has 3 aromatic carbocycles. The Labute approximate surface area is 145 Å². The summed E-state index contributed by atoms with van der Waals surface area (Å²) in [5, 5.41) is 2.99. The molecule has 0 amide bonds. The third kappa shape index (κ3) is 2.88. The average molecular weight is 426 g/mol. The van der Waals surface area contributed by atoms with E-state index in [1.165, 1.54) is 0 Å². The lowest BCUT2D eigenvalue weighted by molar-refractivity contribution is 0.875. The molecule has 4 heteroatoms.